The number of nitrogens with two attached hydrogens (primary N) is 1. The van der Waals surface area contributed by atoms with Crippen LogP contribution >= 0.6 is 22.9 Å². The third kappa shape index (κ3) is 8.60. The number of piperidine rings is 1. The van der Waals surface area contributed by atoms with Gasteiger partial charge in [-0.05, 0) is 47.5 Å². The zero-order valence-electron chi connectivity index (χ0n) is 25.5. The summed E-state index contributed by atoms with van der Waals surface area (Å²) in [5.41, 5.74) is 9.46. The first-order valence-electron chi connectivity index (χ1n) is 15.0. The summed E-state index contributed by atoms with van der Waals surface area (Å²) in [6, 6.07) is 25.3. The van der Waals surface area contributed by atoms with Crippen molar-refractivity contribution in [3.63, 3.8) is 0 Å². The molecule has 0 aliphatic carbocycles. The van der Waals surface area contributed by atoms with Gasteiger partial charge in [0.15, 0.2) is 11.0 Å². The van der Waals surface area contributed by atoms with Gasteiger partial charge in [0.2, 0.25) is 0 Å². The van der Waals surface area contributed by atoms with E-state index in [1.54, 1.807) is 24.3 Å². The molecule has 1 saturated heterocycles. The Morgan fingerprint density at radius 2 is 1.74 bits per heavy atom. The predicted octanol–water partition coefficient (Wildman–Crippen LogP) is 5.99. The van der Waals surface area contributed by atoms with E-state index in [9.17, 15) is 19.5 Å². The SMILES string of the molecule is C[N+]1(Cc2cccc(Cl)c2)CCC/C(=[N+](/C(=O)Nc2ccc(C(=O)OCc3ccccc3)s2)[C@@H](Cc2ccc(O)cc2)C(N)=O)C1. The highest BCUT2D eigenvalue weighted by Crippen LogP contribution is 2.26. The van der Waals surface area contributed by atoms with Gasteiger partial charge in [-0.25, -0.2) is 4.79 Å². The molecule has 4 N–H and O–H groups in total. The van der Waals surface area contributed by atoms with E-state index < -0.39 is 23.9 Å². The molecule has 5 rings (SSSR count). The van der Waals surface area contributed by atoms with E-state index in [0.29, 0.717) is 38.9 Å². The molecular weight excluding hydrogens is 624 g/mol. The van der Waals surface area contributed by atoms with Gasteiger partial charge in [0.1, 0.15) is 36.0 Å². The first-order chi connectivity index (χ1) is 22.1. The van der Waals surface area contributed by atoms with E-state index in [2.05, 4.69) is 12.4 Å². The Kier molecular flexibility index (Phi) is 10.5. The molecule has 9 nitrogen and oxygen atoms in total. The fraction of sp³-hybridized carbons (Fsp3) is 0.257. The molecule has 0 saturated carbocycles. The van der Waals surface area contributed by atoms with Gasteiger partial charge in [0.25, 0.3) is 5.91 Å². The van der Waals surface area contributed by atoms with Crippen molar-refractivity contribution in [2.75, 3.05) is 25.5 Å². The van der Waals surface area contributed by atoms with E-state index in [1.165, 1.54) is 16.7 Å². The second-order valence-corrected chi connectivity index (χ2v) is 13.3. The number of nitrogens with zero attached hydrogens (tertiary/aromatic N) is 2. The van der Waals surface area contributed by atoms with Crippen molar-refractivity contribution in [2.24, 2.45) is 5.73 Å². The monoisotopic (exact) mass is 660 g/mol. The van der Waals surface area contributed by atoms with Crippen molar-refractivity contribution < 1.29 is 33.3 Å². The normalized spacial score (nSPS) is 18.0. The summed E-state index contributed by atoms with van der Waals surface area (Å²) in [7, 11) is 2.13. The zero-order valence-corrected chi connectivity index (χ0v) is 27.1. The van der Waals surface area contributed by atoms with Gasteiger partial charge in [0, 0.05) is 29.8 Å². The topological polar surface area (TPSA) is 122 Å². The first kappa shape index (κ1) is 32.9. The van der Waals surface area contributed by atoms with Gasteiger partial charge in [0.05, 0.1) is 13.6 Å². The molecule has 0 radical (unpaired) electrons. The number of ether oxygens (including phenoxy) is 1. The molecule has 1 aliphatic heterocycles. The van der Waals surface area contributed by atoms with Crippen LogP contribution in [0.3, 0.4) is 0 Å². The number of phenols is 1. The quantitative estimate of drug-likeness (QED) is 0.110. The number of primary amides is 1. The third-order valence-corrected chi connectivity index (χ3v) is 9.21. The van der Waals surface area contributed by atoms with Gasteiger partial charge < -0.3 is 20.1 Å². The van der Waals surface area contributed by atoms with E-state index in [-0.39, 0.29) is 18.8 Å². The number of hydrogen-bond acceptors (Lipinski definition) is 6. The van der Waals surface area contributed by atoms with E-state index in [1.807, 2.05) is 54.6 Å². The largest absolute Gasteiger partial charge is 0.508 e. The van der Waals surface area contributed by atoms with Crippen LogP contribution in [0.15, 0.2) is 91.0 Å². The number of aromatic hydroxyl groups is 1. The second-order valence-electron chi connectivity index (χ2n) is 11.8. The Labute approximate surface area is 277 Å². The molecule has 2 atom stereocenters. The molecule has 46 heavy (non-hydrogen) atoms. The van der Waals surface area contributed by atoms with E-state index in [4.69, 9.17) is 22.1 Å². The van der Waals surface area contributed by atoms with Crippen LogP contribution in [0.1, 0.15) is 39.2 Å². The molecule has 1 unspecified atom stereocenters. The minimum Gasteiger partial charge on any atom is -0.508 e. The van der Waals surface area contributed by atoms with Crippen molar-refractivity contribution >= 4 is 51.6 Å². The summed E-state index contributed by atoms with van der Waals surface area (Å²) in [5, 5.41) is 13.8. The summed E-state index contributed by atoms with van der Waals surface area (Å²) in [5.74, 6) is -1.05. The number of urea groups is 1. The smallest absolute Gasteiger partial charge is 0.497 e. The average molecular weight is 661 g/mol. The average Bonchev–Trinajstić information content (AvgIpc) is 3.49. The van der Waals surface area contributed by atoms with E-state index >= 15 is 0 Å². The van der Waals surface area contributed by atoms with Crippen LogP contribution in [0.25, 0.3) is 0 Å². The van der Waals surface area contributed by atoms with Gasteiger partial charge in [-0.1, -0.05) is 77.5 Å². The minimum absolute atomic E-state index is 0.0977. The van der Waals surface area contributed by atoms with Gasteiger partial charge in [-0.15, -0.1) is 0 Å². The number of amides is 3. The third-order valence-electron chi connectivity index (χ3n) is 8.00. The molecule has 4 aromatic rings. The van der Waals surface area contributed by atoms with Crippen LogP contribution in [0.4, 0.5) is 9.80 Å². The number of benzene rings is 3. The molecule has 1 aliphatic rings. The number of esters is 1. The fourth-order valence-electron chi connectivity index (χ4n) is 5.83. The Hall–Kier alpha value is -4.51. The second kappa shape index (κ2) is 14.7. The van der Waals surface area contributed by atoms with Crippen molar-refractivity contribution in [2.45, 2.75) is 38.5 Å². The standard InChI is InChI=1S/C35H35ClN4O5S/c1-40(21-26-9-5-10-27(36)19-26)18-6-11-28(22-40)39(30(33(37)42)20-24-12-14-29(41)15-13-24)35(44)38-32-17-16-31(46-32)34(43)45-23-25-7-3-2-4-8-25/h2-5,7-10,12-17,19,30H,6,11,18,20-23H2,1H3,(H2-2,37,38,41,42,43,44)/p+2/b39-28-/t30-,40?/m0/s1. The Morgan fingerprint density at radius 1 is 1.00 bits per heavy atom. The van der Waals surface area contributed by atoms with Gasteiger partial charge in [-0.3, -0.25) is 4.79 Å². The number of quaternary nitrogens is 1. The predicted molar refractivity (Wildman–Crippen MR) is 179 cm³/mol. The number of nitrogens with one attached hydrogen (secondary N) is 1. The summed E-state index contributed by atoms with van der Waals surface area (Å²) >= 11 is 7.36. The molecule has 3 amide bonds. The van der Waals surface area contributed by atoms with E-state index in [0.717, 1.165) is 46.7 Å². The summed E-state index contributed by atoms with van der Waals surface area (Å²) in [6.45, 7) is 2.22. The molecule has 1 aromatic heterocycles. The van der Waals surface area contributed by atoms with Crippen LogP contribution in [0.5, 0.6) is 5.75 Å². The van der Waals surface area contributed by atoms with Gasteiger partial charge >= 0.3 is 12.0 Å². The Balaban J connectivity index is 1.42. The maximum absolute atomic E-state index is 14.1. The number of rotatable bonds is 10. The number of halogens is 1. The number of carbonyl (C=O) groups is 3. The molecule has 3 aromatic carbocycles. The number of hydrogen-bond donors (Lipinski definition) is 3. The number of anilines is 1. The lowest BCUT2D eigenvalue weighted by Crippen LogP contribution is -2.56. The highest BCUT2D eigenvalue weighted by Gasteiger charge is 2.39. The maximum Gasteiger partial charge on any atom is 0.497 e. The molecular formula is C35H37ClN4O5S+2. The number of thiophene rings is 1. The Bertz CT molecular complexity index is 1740. The fourth-order valence-corrected chi connectivity index (χ4v) is 6.83. The van der Waals surface area contributed by atoms with Crippen molar-refractivity contribution in [3.8, 4) is 5.75 Å². The number of phenolic OH excluding ortho intramolecular Hbond substituents is 1. The molecule has 1 fully saturated rings. The Morgan fingerprint density at radius 3 is 2.46 bits per heavy atom. The first-order valence-corrected chi connectivity index (χ1v) is 16.2. The number of carbonyl (C=O) groups excluding carboxylic acids is 3. The lowest BCUT2D eigenvalue weighted by molar-refractivity contribution is -0.918. The zero-order chi connectivity index (χ0) is 32.7. The summed E-state index contributed by atoms with van der Waals surface area (Å²) in [6.07, 6.45) is 1.57. The molecule has 2 heterocycles. The molecule has 238 valence electrons. The van der Waals surface area contributed by atoms with Crippen LogP contribution in [-0.4, -0.2) is 64.0 Å². The maximum atomic E-state index is 14.1. The highest BCUT2D eigenvalue weighted by molar-refractivity contribution is 7.18. The molecule has 0 bridgehead atoms. The van der Waals surface area contributed by atoms with Crippen molar-refractivity contribution in [3.05, 3.63) is 118 Å². The van der Waals surface area contributed by atoms with Crippen molar-refractivity contribution in [1.29, 1.82) is 0 Å². The minimum atomic E-state index is -0.993. The highest BCUT2D eigenvalue weighted by atomic mass is 35.5. The van der Waals surface area contributed by atoms with Crippen LogP contribution in [0, 0.1) is 0 Å². The lowest BCUT2D eigenvalue weighted by Gasteiger charge is -2.38. The van der Waals surface area contributed by atoms with Gasteiger partial charge in [-0.2, -0.15) is 14.7 Å². The van der Waals surface area contributed by atoms with Crippen LogP contribution in [0.2, 0.25) is 5.02 Å². The molecule has 11 heteroatoms. The van der Waals surface area contributed by atoms with Crippen molar-refractivity contribution in [1.82, 2.24) is 0 Å². The summed E-state index contributed by atoms with van der Waals surface area (Å²) in [4.78, 5) is 40.2. The molecule has 0 spiro atoms. The van der Waals surface area contributed by atoms with Crippen LogP contribution < -0.4 is 11.1 Å². The number of likely N-dealkylation sites (tertiary alicyclic amines) is 1. The van der Waals surface area contributed by atoms with Crippen LogP contribution in [-0.2, 0) is 29.1 Å². The lowest BCUT2D eigenvalue weighted by atomic mass is 10.0. The summed E-state index contributed by atoms with van der Waals surface area (Å²) < 4.78 is 7.56.